The molecule has 0 spiro atoms. The minimum Gasteiger partial charge on any atom is -0.507 e. The van der Waals surface area contributed by atoms with E-state index in [2.05, 4.69) is 15.4 Å². The minimum atomic E-state index is -4.08. The predicted molar refractivity (Wildman–Crippen MR) is 140 cm³/mol. The van der Waals surface area contributed by atoms with E-state index in [9.17, 15) is 23.1 Å². The van der Waals surface area contributed by atoms with Crippen LogP contribution < -0.4 is 21.1 Å². The van der Waals surface area contributed by atoms with Gasteiger partial charge in [0.1, 0.15) is 16.5 Å². The number of carboxylic acid groups (broad SMARTS) is 1. The van der Waals surface area contributed by atoms with E-state index in [0.717, 1.165) is 17.2 Å². The van der Waals surface area contributed by atoms with Crippen molar-refractivity contribution in [2.24, 2.45) is 5.73 Å². The van der Waals surface area contributed by atoms with E-state index in [1.165, 1.54) is 12.1 Å². The summed E-state index contributed by atoms with van der Waals surface area (Å²) in [6, 6.07) is 9.31. The first-order valence-corrected chi connectivity index (χ1v) is 12.4. The molecule has 0 aromatic heterocycles. The molecule has 0 fully saturated rings. The number of carboxylic acids is 1. The summed E-state index contributed by atoms with van der Waals surface area (Å²) >= 11 is 0. The molecule has 198 valence electrons. The molecule has 2 aromatic rings. The Morgan fingerprint density at radius 3 is 2.42 bits per heavy atom. The predicted octanol–water partition coefficient (Wildman–Crippen LogP) is 1.75. The maximum Gasteiger partial charge on any atom is 0.305 e. The second-order valence-corrected chi connectivity index (χ2v) is 9.90. The number of nitrogen functional groups attached to an aromatic ring is 1. The summed E-state index contributed by atoms with van der Waals surface area (Å²) in [5.74, 6) is -1.93. The van der Waals surface area contributed by atoms with Crippen molar-refractivity contribution < 1.29 is 28.2 Å². The third-order valence-electron chi connectivity index (χ3n) is 5.15. The highest BCUT2D eigenvalue weighted by Gasteiger charge is 2.20. The Hall–Kier alpha value is -3.35. The maximum atomic E-state index is 12.7. The van der Waals surface area contributed by atoms with Gasteiger partial charge in [0.05, 0.1) is 13.0 Å². The summed E-state index contributed by atoms with van der Waals surface area (Å²) in [6.07, 6.45) is 0.110. The first-order valence-electron chi connectivity index (χ1n) is 10.9. The quantitative estimate of drug-likeness (QED) is 0.147. The molecular weight excluding hydrogens is 510 g/mol. The van der Waals surface area contributed by atoms with Crippen LogP contribution in [0.3, 0.4) is 0 Å². The van der Waals surface area contributed by atoms with Gasteiger partial charge in [-0.25, -0.2) is 13.1 Å². The van der Waals surface area contributed by atoms with Crippen LogP contribution >= 0.6 is 12.4 Å². The summed E-state index contributed by atoms with van der Waals surface area (Å²) in [5.41, 5.74) is 8.03. The number of halogens is 1. The van der Waals surface area contributed by atoms with Gasteiger partial charge in [0, 0.05) is 24.3 Å². The van der Waals surface area contributed by atoms with E-state index in [4.69, 9.17) is 16.2 Å². The topological polar surface area (TPSA) is 195 Å². The van der Waals surface area contributed by atoms with Gasteiger partial charge >= 0.3 is 5.97 Å². The number of aliphatic carboxylic acids is 1. The van der Waals surface area contributed by atoms with Crippen molar-refractivity contribution >= 4 is 45.8 Å². The SMILES string of the molecule is CC(C)c1ccc(CCNS(=O)(=O)c2cc(C(=N)N)ccc2O)c(NCC(=O)NCCC(=O)O)c1.Cl. The molecule has 36 heavy (non-hydrogen) atoms. The fourth-order valence-corrected chi connectivity index (χ4v) is 4.33. The lowest BCUT2D eigenvalue weighted by molar-refractivity contribution is -0.136. The molecule has 0 bridgehead atoms. The normalized spacial score (nSPS) is 11.0. The van der Waals surface area contributed by atoms with Crippen molar-refractivity contribution in [2.45, 2.75) is 37.5 Å². The van der Waals surface area contributed by atoms with Crippen LogP contribution in [0.4, 0.5) is 5.69 Å². The largest absolute Gasteiger partial charge is 0.507 e. The van der Waals surface area contributed by atoms with Gasteiger partial charge in [-0.15, -0.1) is 12.4 Å². The number of rotatable bonds is 13. The summed E-state index contributed by atoms with van der Waals surface area (Å²) in [4.78, 5) is 22.2. The van der Waals surface area contributed by atoms with E-state index >= 15 is 0 Å². The number of hydrogen-bond donors (Lipinski definition) is 7. The van der Waals surface area contributed by atoms with E-state index in [1.54, 1.807) is 0 Å². The zero-order chi connectivity index (χ0) is 26.2. The van der Waals surface area contributed by atoms with Gasteiger partial charge in [-0.05, 0) is 47.7 Å². The molecule has 0 saturated carbocycles. The van der Waals surface area contributed by atoms with Crippen LogP contribution in [0.1, 0.15) is 42.9 Å². The maximum absolute atomic E-state index is 12.7. The van der Waals surface area contributed by atoms with E-state index < -0.39 is 21.7 Å². The first-order chi connectivity index (χ1) is 16.4. The average Bonchev–Trinajstić information content (AvgIpc) is 2.77. The van der Waals surface area contributed by atoms with Gasteiger partial charge in [0.15, 0.2) is 0 Å². The number of sulfonamides is 1. The molecule has 8 N–H and O–H groups in total. The Balaban J connectivity index is 0.00000648. The number of amidine groups is 1. The zero-order valence-corrected chi connectivity index (χ0v) is 21.6. The molecule has 0 heterocycles. The zero-order valence-electron chi connectivity index (χ0n) is 20.0. The second-order valence-electron chi connectivity index (χ2n) is 8.16. The number of phenolic OH excluding ortho intramolecular Hbond substituents is 1. The van der Waals surface area contributed by atoms with Crippen LogP contribution in [0.15, 0.2) is 41.3 Å². The van der Waals surface area contributed by atoms with Gasteiger partial charge in [0.2, 0.25) is 15.9 Å². The summed E-state index contributed by atoms with van der Waals surface area (Å²) in [7, 11) is -4.08. The fourth-order valence-electron chi connectivity index (χ4n) is 3.18. The van der Waals surface area contributed by atoms with Crippen molar-refractivity contribution in [1.29, 1.82) is 5.41 Å². The van der Waals surface area contributed by atoms with Crippen molar-refractivity contribution in [3.05, 3.63) is 53.1 Å². The Morgan fingerprint density at radius 2 is 1.81 bits per heavy atom. The molecule has 2 aromatic carbocycles. The van der Waals surface area contributed by atoms with E-state index in [0.29, 0.717) is 5.69 Å². The number of hydrogen-bond acceptors (Lipinski definition) is 7. The van der Waals surface area contributed by atoms with Gasteiger partial charge < -0.3 is 26.6 Å². The lowest BCUT2D eigenvalue weighted by atomic mass is 9.99. The Labute approximate surface area is 216 Å². The molecule has 1 amide bonds. The number of anilines is 1. The molecule has 0 radical (unpaired) electrons. The summed E-state index contributed by atoms with van der Waals surface area (Å²) in [5, 5.41) is 31.7. The van der Waals surface area contributed by atoms with Crippen LogP contribution in [-0.2, 0) is 26.0 Å². The highest BCUT2D eigenvalue weighted by molar-refractivity contribution is 7.89. The average molecular weight is 542 g/mol. The molecule has 0 aliphatic rings. The monoisotopic (exact) mass is 541 g/mol. The van der Waals surface area contributed by atoms with Gasteiger partial charge in [-0.2, -0.15) is 0 Å². The molecule has 0 atom stereocenters. The Kier molecular flexibility index (Phi) is 11.6. The Bertz CT molecular complexity index is 1200. The first kappa shape index (κ1) is 30.7. The van der Waals surface area contributed by atoms with Crippen molar-refractivity contribution in [3.63, 3.8) is 0 Å². The third kappa shape index (κ3) is 9.02. The van der Waals surface area contributed by atoms with E-state index in [-0.39, 0.29) is 73.0 Å². The van der Waals surface area contributed by atoms with Crippen LogP contribution in [0.5, 0.6) is 5.75 Å². The smallest absolute Gasteiger partial charge is 0.305 e. The van der Waals surface area contributed by atoms with Gasteiger partial charge in [-0.3, -0.25) is 15.0 Å². The summed E-state index contributed by atoms with van der Waals surface area (Å²) in [6.45, 7) is 3.99. The highest BCUT2D eigenvalue weighted by Crippen LogP contribution is 2.25. The molecule has 2 rings (SSSR count). The number of benzene rings is 2. The third-order valence-corrected chi connectivity index (χ3v) is 6.64. The van der Waals surface area contributed by atoms with Crippen molar-refractivity contribution in [3.8, 4) is 5.75 Å². The van der Waals surface area contributed by atoms with Gasteiger partial charge in [-0.1, -0.05) is 26.0 Å². The fraction of sp³-hybridized carbons (Fsp3) is 0.348. The number of carbonyl (C=O) groups excluding carboxylic acids is 1. The number of amides is 1. The molecule has 0 unspecified atom stereocenters. The number of nitrogens with two attached hydrogens (primary N) is 1. The Morgan fingerprint density at radius 1 is 1.11 bits per heavy atom. The molecule has 0 saturated heterocycles. The number of phenols is 1. The van der Waals surface area contributed by atoms with Crippen molar-refractivity contribution in [1.82, 2.24) is 10.0 Å². The molecule has 0 aliphatic heterocycles. The van der Waals surface area contributed by atoms with Crippen LogP contribution in [-0.4, -0.2) is 56.0 Å². The second kappa shape index (κ2) is 13.7. The standard InChI is InChI=1S/C23H31N5O6S.ClH/c1-14(2)16-4-3-15(18(11-16)27-13-21(30)26-9-8-22(31)32)7-10-28-35(33,34)20-12-17(23(24)25)5-6-19(20)29;/h3-6,11-12,14,27-29H,7-10,13H2,1-2H3,(H3,24,25)(H,26,30)(H,31,32);1H. The van der Waals surface area contributed by atoms with E-state index in [1.807, 2.05) is 32.0 Å². The molecule has 13 heteroatoms. The lowest BCUT2D eigenvalue weighted by Crippen LogP contribution is -2.32. The number of carbonyl (C=O) groups is 2. The van der Waals surface area contributed by atoms with Crippen LogP contribution in [0.2, 0.25) is 0 Å². The van der Waals surface area contributed by atoms with Gasteiger partial charge in [0.25, 0.3) is 0 Å². The number of aromatic hydroxyl groups is 1. The lowest BCUT2D eigenvalue weighted by Gasteiger charge is -2.16. The molecular formula is C23H32ClN5O6S. The van der Waals surface area contributed by atoms with Crippen molar-refractivity contribution in [2.75, 3.05) is 25.0 Å². The van der Waals surface area contributed by atoms with Crippen LogP contribution in [0.25, 0.3) is 0 Å². The molecule has 0 aliphatic carbocycles. The highest BCUT2D eigenvalue weighted by atomic mass is 35.5. The molecule has 11 nitrogen and oxygen atoms in total. The minimum absolute atomic E-state index is 0. The van der Waals surface area contributed by atoms with Crippen LogP contribution in [0, 0.1) is 5.41 Å². The number of nitrogens with one attached hydrogen (secondary N) is 4. The summed E-state index contributed by atoms with van der Waals surface area (Å²) < 4.78 is 27.9.